The van der Waals surface area contributed by atoms with Crippen molar-refractivity contribution in [3.05, 3.63) is 35.9 Å². The van der Waals surface area contributed by atoms with Gasteiger partial charge in [0.05, 0.1) is 13.2 Å². The Morgan fingerprint density at radius 1 is 1.06 bits per heavy atom. The molecule has 0 spiro atoms. The quantitative estimate of drug-likeness (QED) is 0.805. The second-order valence-electron chi connectivity index (χ2n) is 5.31. The van der Waals surface area contributed by atoms with Crippen molar-refractivity contribution < 1.29 is 4.74 Å². The SMILES string of the molecule is c1ccc(CN2CCC(N3CCOCC3)C2)cc1. The molecular formula is C15H22N2O. The van der Waals surface area contributed by atoms with Crippen LogP contribution in [0.5, 0.6) is 0 Å². The molecular weight excluding hydrogens is 224 g/mol. The van der Waals surface area contributed by atoms with E-state index >= 15 is 0 Å². The fourth-order valence-electron chi connectivity index (χ4n) is 3.04. The van der Waals surface area contributed by atoms with Gasteiger partial charge in [-0.1, -0.05) is 30.3 Å². The zero-order valence-corrected chi connectivity index (χ0v) is 10.9. The van der Waals surface area contributed by atoms with Crippen LogP contribution in [0.25, 0.3) is 0 Å². The van der Waals surface area contributed by atoms with Gasteiger partial charge in [-0.2, -0.15) is 0 Å². The first-order valence-electron chi connectivity index (χ1n) is 7.00. The number of likely N-dealkylation sites (tertiary alicyclic amines) is 1. The first-order valence-corrected chi connectivity index (χ1v) is 7.00. The van der Waals surface area contributed by atoms with Crippen LogP contribution in [0.1, 0.15) is 12.0 Å². The van der Waals surface area contributed by atoms with Gasteiger partial charge in [0.2, 0.25) is 0 Å². The average Bonchev–Trinajstić information content (AvgIpc) is 2.89. The zero-order chi connectivity index (χ0) is 12.2. The van der Waals surface area contributed by atoms with Crippen LogP contribution in [-0.4, -0.2) is 55.2 Å². The van der Waals surface area contributed by atoms with E-state index in [-0.39, 0.29) is 0 Å². The maximum Gasteiger partial charge on any atom is 0.0594 e. The molecule has 3 heteroatoms. The molecule has 1 aromatic rings. The van der Waals surface area contributed by atoms with Crippen molar-refractivity contribution in [2.75, 3.05) is 39.4 Å². The highest BCUT2D eigenvalue weighted by Gasteiger charge is 2.28. The Morgan fingerprint density at radius 2 is 1.83 bits per heavy atom. The summed E-state index contributed by atoms with van der Waals surface area (Å²) in [5, 5.41) is 0. The first kappa shape index (κ1) is 12.2. The number of nitrogens with zero attached hydrogens (tertiary/aromatic N) is 2. The Bertz CT molecular complexity index is 362. The van der Waals surface area contributed by atoms with E-state index in [0.717, 1.165) is 38.9 Å². The number of hydrogen-bond donors (Lipinski definition) is 0. The molecule has 2 fully saturated rings. The van der Waals surface area contributed by atoms with Gasteiger partial charge < -0.3 is 4.74 Å². The minimum absolute atomic E-state index is 0.748. The monoisotopic (exact) mass is 246 g/mol. The molecule has 0 aliphatic carbocycles. The van der Waals surface area contributed by atoms with Crippen molar-refractivity contribution in [1.82, 2.24) is 9.80 Å². The first-order chi connectivity index (χ1) is 8.92. The molecule has 0 amide bonds. The van der Waals surface area contributed by atoms with Gasteiger partial charge in [-0.25, -0.2) is 0 Å². The third-order valence-corrected chi connectivity index (χ3v) is 4.06. The molecule has 3 rings (SSSR count). The average molecular weight is 246 g/mol. The molecule has 1 atom stereocenters. The highest BCUT2D eigenvalue weighted by molar-refractivity contribution is 5.14. The summed E-state index contributed by atoms with van der Waals surface area (Å²) >= 11 is 0. The predicted molar refractivity (Wildman–Crippen MR) is 72.5 cm³/mol. The molecule has 0 aromatic heterocycles. The molecule has 0 bridgehead atoms. The molecule has 3 nitrogen and oxygen atoms in total. The van der Waals surface area contributed by atoms with E-state index in [0.29, 0.717) is 0 Å². The number of rotatable bonds is 3. The predicted octanol–water partition coefficient (Wildman–Crippen LogP) is 1.59. The number of hydrogen-bond acceptors (Lipinski definition) is 3. The van der Waals surface area contributed by atoms with Crippen molar-refractivity contribution >= 4 is 0 Å². The van der Waals surface area contributed by atoms with E-state index < -0.39 is 0 Å². The summed E-state index contributed by atoms with van der Waals surface area (Å²) < 4.78 is 5.43. The smallest absolute Gasteiger partial charge is 0.0594 e. The largest absolute Gasteiger partial charge is 0.379 e. The topological polar surface area (TPSA) is 15.7 Å². The summed E-state index contributed by atoms with van der Waals surface area (Å²) in [6.45, 7) is 7.60. The summed E-state index contributed by atoms with van der Waals surface area (Å²) in [6, 6.07) is 11.5. The summed E-state index contributed by atoms with van der Waals surface area (Å²) in [5.41, 5.74) is 1.43. The molecule has 1 aromatic carbocycles. The lowest BCUT2D eigenvalue weighted by molar-refractivity contribution is 0.0184. The number of benzene rings is 1. The fourth-order valence-corrected chi connectivity index (χ4v) is 3.04. The van der Waals surface area contributed by atoms with Gasteiger partial charge in [0.15, 0.2) is 0 Å². The molecule has 2 heterocycles. The maximum absolute atomic E-state index is 5.43. The number of morpholine rings is 1. The third-order valence-electron chi connectivity index (χ3n) is 4.06. The van der Waals surface area contributed by atoms with Crippen molar-refractivity contribution in [3.63, 3.8) is 0 Å². The lowest BCUT2D eigenvalue weighted by atomic mass is 10.2. The molecule has 18 heavy (non-hydrogen) atoms. The molecule has 0 radical (unpaired) electrons. The van der Waals surface area contributed by atoms with Gasteiger partial charge in [-0.15, -0.1) is 0 Å². The zero-order valence-electron chi connectivity index (χ0n) is 10.9. The van der Waals surface area contributed by atoms with E-state index in [4.69, 9.17) is 4.74 Å². The lowest BCUT2D eigenvalue weighted by Gasteiger charge is -2.32. The maximum atomic E-state index is 5.43. The van der Waals surface area contributed by atoms with Crippen LogP contribution in [0.2, 0.25) is 0 Å². The van der Waals surface area contributed by atoms with Crippen LogP contribution in [0, 0.1) is 0 Å². The van der Waals surface area contributed by atoms with Crippen LogP contribution in [0.15, 0.2) is 30.3 Å². The Morgan fingerprint density at radius 3 is 2.61 bits per heavy atom. The van der Waals surface area contributed by atoms with E-state index in [1.54, 1.807) is 0 Å². The van der Waals surface area contributed by atoms with Gasteiger partial charge in [-0.05, 0) is 12.0 Å². The second-order valence-corrected chi connectivity index (χ2v) is 5.31. The lowest BCUT2D eigenvalue weighted by Crippen LogP contribution is -2.44. The summed E-state index contributed by atoms with van der Waals surface area (Å²) in [5.74, 6) is 0. The molecule has 98 valence electrons. The van der Waals surface area contributed by atoms with Crippen molar-refractivity contribution in [3.8, 4) is 0 Å². The highest BCUT2D eigenvalue weighted by Crippen LogP contribution is 2.18. The van der Waals surface area contributed by atoms with Gasteiger partial charge in [-0.3, -0.25) is 9.80 Å². The second kappa shape index (κ2) is 5.83. The minimum atomic E-state index is 0.748. The number of ether oxygens (including phenoxy) is 1. The van der Waals surface area contributed by atoms with Gasteiger partial charge in [0.25, 0.3) is 0 Å². The standard InChI is InChI=1S/C15H22N2O/c1-2-4-14(5-3-1)12-16-7-6-15(13-16)17-8-10-18-11-9-17/h1-5,15H,6-13H2. The normalized spacial score (nSPS) is 26.6. The van der Waals surface area contributed by atoms with E-state index in [1.165, 1.54) is 25.1 Å². The molecule has 0 saturated carbocycles. The molecule has 2 aliphatic heterocycles. The van der Waals surface area contributed by atoms with Gasteiger partial charge in [0, 0.05) is 38.8 Å². The van der Waals surface area contributed by atoms with Crippen LogP contribution in [0.4, 0.5) is 0 Å². The Labute approximate surface area is 109 Å². The summed E-state index contributed by atoms with van der Waals surface area (Å²) in [7, 11) is 0. The minimum Gasteiger partial charge on any atom is -0.379 e. The molecule has 2 aliphatic rings. The van der Waals surface area contributed by atoms with Crippen LogP contribution in [0.3, 0.4) is 0 Å². The van der Waals surface area contributed by atoms with Crippen LogP contribution < -0.4 is 0 Å². The van der Waals surface area contributed by atoms with Crippen molar-refractivity contribution in [1.29, 1.82) is 0 Å². The van der Waals surface area contributed by atoms with E-state index in [2.05, 4.69) is 40.1 Å². The van der Waals surface area contributed by atoms with Crippen molar-refractivity contribution in [2.45, 2.75) is 19.0 Å². The van der Waals surface area contributed by atoms with E-state index in [9.17, 15) is 0 Å². The van der Waals surface area contributed by atoms with Crippen LogP contribution >= 0.6 is 0 Å². The molecule has 2 saturated heterocycles. The van der Waals surface area contributed by atoms with Gasteiger partial charge >= 0.3 is 0 Å². The van der Waals surface area contributed by atoms with Gasteiger partial charge in [0.1, 0.15) is 0 Å². The Hall–Kier alpha value is -0.900. The fraction of sp³-hybridized carbons (Fsp3) is 0.600. The van der Waals surface area contributed by atoms with Crippen molar-refractivity contribution in [2.24, 2.45) is 0 Å². The summed E-state index contributed by atoms with van der Waals surface area (Å²) in [6.07, 6.45) is 1.31. The van der Waals surface area contributed by atoms with Crippen LogP contribution in [-0.2, 0) is 11.3 Å². The summed E-state index contributed by atoms with van der Waals surface area (Å²) in [4.78, 5) is 5.18. The molecule has 0 N–H and O–H groups in total. The Balaban J connectivity index is 1.52. The van der Waals surface area contributed by atoms with E-state index in [1.807, 2.05) is 0 Å². The molecule has 1 unspecified atom stereocenters. The Kier molecular flexibility index (Phi) is 3.93. The third kappa shape index (κ3) is 2.91. The highest BCUT2D eigenvalue weighted by atomic mass is 16.5.